The Kier molecular flexibility index (Phi) is 10.3. The number of nitrogens with zero attached hydrogens (tertiary/aromatic N) is 3. The largest absolute Gasteiger partial charge is 0.471 e. The van der Waals surface area contributed by atoms with Gasteiger partial charge in [0.15, 0.2) is 0 Å². The van der Waals surface area contributed by atoms with Crippen molar-refractivity contribution in [3.8, 4) is 5.88 Å². The lowest BCUT2D eigenvalue weighted by Gasteiger charge is -2.47. The van der Waals surface area contributed by atoms with Gasteiger partial charge in [-0.25, -0.2) is 14.4 Å². The van der Waals surface area contributed by atoms with E-state index >= 15 is 0 Å². The standard InChI is InChI=1S/C36H48FN5O4S/c1-23-40-27(22-47-23)20-42-12-13-45-32(21-42)33(44)41-29(15-24-6-8-26(37)9-7-24)31(43)19-38-30-17-36(10-5-11-36)46-34-28(30)14-25(18-39-34)16-35(2,3)4/h6-9,14,18,22,29-32,38,43H,5,10-13,15-17,19-21H2,1-4H3,(H,41,44)/t29-,30-,31+,32-/m0/s1. The van der Waals surface area contributed by atoms with Crippen LogP contribution in [0.15, 0.2) is 41.9 Å². The van der Waals surface area contributed by atoms with Crippen LogP contribution in [-0.4, -0.2) is 76.0 Å². The Morgan fingerprint density at radius 3 is 2.70 bits per heavy atom. The van der Waals surface area contributed by atoms with Crippen LogP contribution in [0.3, 0.4) is 0 Å². The van der Waals surface area contributed by atoms with E-state index in [4.69, 9.17) is 14.5 Å². The number of aliphatic hydroxyl groups excluding tert-OH is 1. The molecule has 3 aromatic rings. The molecular weight excluding hydrogens is 617 g/mol. The van der Waals surface area contributed by atoms with Crippen LogP contribution in [0, 0.1) is 18.2 Å². The van der Waals surface area contributed by atoms with E-state index in [0.717, 1.165) is 59.5 Å². The normalized spacial score (nSPS) is 22.2. The second-order valence-corrected chi connectivity index (χ2v) is 15.8. The van der Waals surface area contributed by atoms with Crippen LogP contribution in [0.2, 0.25) is 0 Å². The highest BCUT2D eigenvalue weighted by Crippen LogP contribution is 2.48. The molecular formula is C36H48FN5O4S. The van der Waals surface area contributed by atoms with Gasteiger partial charge in [0.05, 0.1) is 29.5 Å². The number of rotatable bonds is 11. The van der Waals surface area contributed by atoms with E-state index in [9.17, 15) is 14.3 Å². The highest BCUT2D eigenvalue weighted by molar-refractivity contribution is 7.09. The third kappa shape index (κ3) is 8.75. The number of benzene rings is 1. The molecule has 0 radical (unpaired) electrons. The van der Waals surface area contributed by atoms with E-state index in [2.05, 4.69) is 47.4 Å². The third-order valence-corrected chi connectivity index (χ3v) is 10.3. The SMILES string of the molecule is Cc1nc(CN2CCO[C@H](C(=O)N[C@@H](Cc3ccc(F)cc3)[C@H](O)CN[C@H]3CC4(CCC4)Oc4ncc(CC(C)(C)C)cc43)C2)cs1. The first-order valence-corrected chi connectivity index (χ1v) is 17.7. The number of hydrogen-bond acceptors (Lipinski definition) is 9. The maximum absolute atomic E-state index is 13.7. The second-order valence-electron chi connectivity index (χ2n) is 14.7. The molecule has 2 aromatic heterocycles. The molecule has 11 heteroatoms. The minimum Gasteiger partial charge on any atom is -0.471 e. The number of thiazole rings is 1. The number of pyridine rings is 1. The average Bonchev–Trinajstić information content (AvgIpc) is 3.42. The lowest BCUT2D eigenvalue weighted by Crippen LogP contribution is -2.56. The molecule has 4 atom stereocenters. The molecule has 0 bridgehead atoms. The fourth-order valence-electron chi connectivity index (χ4n) is 6.90. The lowest BCUT2D eigenvalue weighted by atomic mass is 9.73. The van der Waals surface area contributed by atoms with Gasteiger partial charge >= 0.3 is 0 Å². The molecule has 9 nitrogen and oxygen atoms in total. The number of amides is 1. The van der Waals surface area contributed by atoms with Crippen molar-refractivity contribution in [2.24, 2.45) is 5.41 Å². The molecule has 1 aromatic carbocycles. The van der Waals surface area contributed by atoms with Crippen LogP contribution in [0.25, 0.3) is 0 Å². The van der Waals surface area contributed by atoms with Crippen LogP contribution >= 0.6 is 11.3 Å². The molecule has 1 saturated heterocycles. The minimum atomic E-state index is -0.920. The molecule has 3 N–H and O–H groups in total. The maximum atomic E-state index is 13.7. The second kappa shape index (κ2) is 14.3. The van der Waals surface area contributed by atoms with Gasteiger partial charge in [-0.2, -0.15) is 0 Å². The summed E-state index contributed by atoms with van der Waals surface area (Å²) in [4.78, 5) is 25.1. The summed E-state index contributed by atoms with van der Waals surface area (Å²) >= 11 is 1.62. The number of carbonyl (C=O) groups excluding carboxylic acids is 1. The number of aliphatic hydroxyl groups is 1. The molecule has 1 saturated carbocycles. The van der Waals surface area contributed by atoms with Crippen molar-refractivity contribution in [1.82, 2.24) is 25.5 Å². The topological polar surface area (TPSA) is 109 Å². The molecule has 6 rings (SSSR count). The first kappa shape index (κ1) is 33.9. The predicted octanol–water partition coefficient (Wildman–Crippen LogP) is 4.90. The average molecular weight is 666 g/mol. The highest BCUT2D eigenvalue weighted by atomic mass is 32.1. The van der Waals surface area contributed by atoms with Crippen LogP contribution in [0.5, 0.6) is 5.88 Å². The summed E-state index contributed by atoms with van der Waals surface area (Å²) in [6.07, 6.45) is 5.47. The molecule has 254 valence electrons. The minimum absolute atomic E-state index is 0.0483. The maximum Gasteiger partial charge on any atom is 0.250 e. The monoisotopic (exact) mass is 665 g/mol. The fraction of sp³-hybridized carbons (Fsp3) is 0.583. The van der Waals surface area contributed by atoms with Crippen molar-refractivity contribution in [2.45, 2.75) is 103 Å². The summed E-state index contributed by atoms with van der Waals surface area (Å²) in [5.41, 5.74) is 3.87. The van der Waals surface area contributed by atoms with Crippen LogP contribution in [0.4, 0.5) is 4.39 Å². The molecule has 3 aliphatic rings. The van der Waals surface area contributed by atoms with E-state index in [1.54, 1.807) is 23.5 Å². The van der Waals surface area contributed by atoms with Crippen molar-refractivity contribution < 1.29 is 23.8 Å². The van der Waals surface area contributed by atoms with Gasteiger partial charge in [-0.1, -0.05) is 32.9 Å². The van der Waals surface area contributed by atoms with Gasteiger partial charge in [0.25, 0.3) is 5.91 Å². The Labute approximate surface area is 281 Å². The number of halogens is 1. The van der Waals surface area contributed by atoms with Gasteiger partial charge in [0, 0.05) is 55.8 Å². The fourth-order valence-corrected chi connectivity index (χ4v) is 7.50. The number of morpholine rings is 1. The van der Waals surface area contributed by atoms with E-state index in [-0.39, 0.29) is 35.3 Å². The predicted molar refractivity (Wildman–Crippen MR) is 180 cm³/mol. The van der Waals surface area contributed by atoms with E-state index in [0.29, 0.717) is 38.5 Å². The van der Waals surface area contributed by atoms with Crippen LogP contribution < -0.4 is 15.4 Å². The molecule has 0 unspecified atom stereocenters. The van der Waals surface area contributed by atoms with Gasteiger partial charge in [-0.3, -0.25) is 9.69 Å². The smallest absolute Gasteiger partial charge is 0.250 e. The van der Waals surface area contributed by atoms with Gasteiger partial charge in [-0.05, 0) is 73.8 Å². The molecule has 4 heterocycles. The van der Waals surface area contributed by atoms with Crippen molar-refractivity contribution in [1.29, 1.82) is 0 Å². The van der Waals surface area contributed by atoms with E-state index in [1.165, 1.54) is 12.1 Å². The number of aryl methyl sites for hydroxylation is 1. The number of carbonyl (C=O) groups is 1. The number of fused-ring (bicyclic) bond motifs is 1. The summed E-state index contributed by atoms with van der Waals surface area (Å²) in [7, 11) is 0. The zero-order valence-electron chi connectivity index (χ0n) is 27.9. The number of nitrogens with one attached hydrogen (secondary N) is 2. The van der Waals surface area contributed by atoms with Gasteiger partial charge in [-0.15, -0.1) is 11.3 Å². The molecule has 1 amide bonds. The van der Waals surface area contributed by atoms with Crippen molar-refractivity contribution in [3.63, 3.8) is 0 Å². The van der Waals surface area contributed by atoms with Gasteiger partial charge in [0.2, 0.25) is 5.88 Å². The summed E-state index contributed by atoms with van der Waals surface area (Å²) in [6.45, 7) is 11.1. The lowest BCUT2D eigenvalue weighted by molar-refractivity contribution is -0.140. The number of ether oxygens (including phenoxy) is 2. The van der Waals surface area contributed by atoms with E-state index < -0.39 is 18.2 Å². The zero-order chi connectivity index (χ0) is 33.2. The Balaban J connectivity index is 1.15. The highest BCUT2D eigenvalue weighted by Gasteiger charge is 2.46. The summed E-state index contributed by atoms with van der Waals surface area (Å²) in [5, 5.41) is 21.4. The summed E-state index contributed by atoms with van der Waals surface area (Å²) < 4.78 is 26.1. The van der Waals surface area contributed by atoms with Crippen molar-refractivity contribution in [2.75, 3.05) is 26.2 Å². The molecule has 2 fully saturated rings. The Morgan fingerprint density at radius 1 is 1.23 bits per heavy atom. The summed E-state index contributed by atoms with van der Waals surface area (Å²) in [6, 6.07) is 7.72. The van der Waals surface area contributed by atoms with Gasteiger partial charge < -0.3 is 25.2 Å². The van der Waals surface area contributed by atoms with Crippen LogP contribution in [-0.2, 0) is 28.9 Å². The van der Waals surface area contributed by atoms with Crippen LogP contribution in [0.1, 0.15) is 79.9 Å². The molecule has 1 aliphatic carbocycles. The quantitative estimate of drug-likeness (QED) is 0.266. The first-order valence-electron chi connectivity index (χ1n) is 16.8. The number of hydrogen-bond donors (Lipinski definition) is 3. The molecule has 47 heavy (non-hydrogen) atoms. The van der Waals surface area contributed by atoms with Gasteiger partial charge in [0.1, 0.15) is 17.5 Å². The van der Waals surface area contributed by atoms with Crippen molar-refractivity contribution in [3.05, 3.63) is 75.1 Å². The van der Waals surface area contributed by atoms with E-state index in [1.807, 2.05) is 18.5 Å². The van der Waals surface area contributed by atoms with Crippen molar-refractivity contribution >= 4 is 17.2 Å². The molecule has 2 aliphatic heterocycles. The first-order chi connectivity index (χ1) is 22.4. The number of aromatic nitrogens is 2. The third-order valence-electron chi connectivity index (χ3n) is 9.43. The zero-order valence-corrected chi connectivity index (χ0v) is 28.7. The molecule has 1 spiro atoms. The Bertz CT molecular complexity index is 1520. The Morgan fingerprint density at radius 2 is 2.02 bits per heavy atom. The summed E-state index contributed by atoms with van der Waals surface area (Å²) in [5.74, 6) is 0.0739. The Hall–Kier alpha value is -2.96.